The van der Waals surface area contributed by atoms with Gasteiger partial charge in [-0.25, -0.2) is 4.39 Å². The van der Waals surface area contributed by atoms with Gasteiger partial charge in [-0.2, -0.15) is 0 Å². The molecule has 2 aromatic rings. The van der Waals surface area contributed by atoms with Gasteiger partial charge in [0.2, 0.25) is 0 Å². The van der Waals surface area contributed by atoms with Crippen LogP contribution in [0.5, 0.6) is 0 Å². The van der Waals surface area contributed by atoms with E-state index < -0.39 is 0 Å². The smallest absolute Gasteiger partial charge is 0.146 e. The van der Waals surface area contributed by atoms with E-state index in [-0.39, 0.29) is 5.82 Å². The lowest BCUT2D eigenvalue weighted by Crippen LogP contribution is -2.23. The van der Waals surface area contributed by atoms with Gasteiger partial charge in [-0.3, -0.25) is 4.98 Å². The maximum absolute atomic E-state index is 14.2. The predicted molar refractivity (Wildman–Crippen MR) is 80.1 cm³/mol. The molecule has 20 heavy (non-hydrogen) atoms. The molecule has 0 fully saturated rings. The van der Waals surface area contributed by atoms with Crippen molar-refractivity contribution in [3.05, 3.63) is 59.7 Å². The summed E-state index contributed by atoms with van der Waals surface area (Å²) < 4.78 is 14.2. The third-order valence-electron chi connectivity index (χ3n) is 3.25. The molecule has 1 aromatic carbocycles. The van der Waals surface area contributed by atoms with E-state index in [0.29, 0.717) is 25.2 Å². The average Bonchev–Trinajstić information content (AvgIpc) is 2.47. The van der Waals surface area contributed by atoms with E-state index in [9.17, 15) is 4.39 Å². The minimum atomic E-state index is -0.200. The van der Waals surface area contributed by atoms with Crippen LogP contribution in [0.2, 0.25) is 0 Å². The first-order valence-corrected chi connectivity index (χ1v) is 6.88. The topological polar surface area (TPSA) is 42.2 Å². The SMILES string of the molecule is CCN(Cc1ccccn1)c1ccc(CCN)cc1F. The Balaban J connectivity index is 2.19. The monoisotopic (exact) mass is 273 g/mol. The molecule has 0 unspecified atom stereocenters. The maximum atomic E-state index is 14.2. The van der Waals surface area contributed by atoms with Crippen molar-refractivity contribution in [1.82, 2.24) is 4.98 Å². The van der Waals surface area contributed by atoms with Crippen LogP contribution in [-0.4, -0.2) is 18.1 Å². The van der Waals surface area contributed by atoms with Crippen LogP contribution in [0.15, 0.2) is 42.6 Å². The first-order valence-electron chi connectivity index (χ1n) is 6.88. The van der Waals surface area contributed by atoms with Crippen LogP contribution < -0.4 is 10.6 Å². The molecule has 1 aromatic heterocycles. The third-order valence-corrected chi connectivity index (χ3v) is 3.25. The summed E-state index contributed by atoms with van der Waals surface area (Å²) in [5, 5.41) is 0. The Bertz CT molecular complexity index is 543. The minimum absolute atomic E-state index is 0.200. The molecule has 0 saturated carbocycles. The third kappa shape index (κ3) is 3.54. The molecular formula is C16H20FN3. The van der Waals surface area contributed by atoms with Gasteiger partial charge < -0.3 is 10.6 Å². The summed E-state index contributed by atoms with van der Waals surface area (Å²) in [4.78, 5) is 6.26. The van der Waals surface area contributed by atoms with Crippen LogP contribution in [0.3, 0.4) is 0 Å². The Kier molecular flexibility index (Phi) is 5.07. The van der Waals surface area contributed by atoms with Crippen LogP contribution in [-0.2, 0) is 13.0 Å². The molecule has 0 aliphatic heterocycles. The lowest BCUT2D eigenvalue weighted by molar-refractivity contribution is 0.614. The van der Waals surface area contributed by atoms with Crippen LogP contribution >= 0.6 is 0 Å². The number of hydrogen-bond donors (Lipinski definition) is 1. The highest BCUT2D eigenvalue weighted by Crippen LogP contribution is 2.22. The number of anilines is 1. The van der Waals surface area contributed by atoms with Gasteiger partial charge in [0.1, 0.15) is 5.82 Å². The van der Waals surface area contributed by atoms with E-state index in [1.165, 1.54) is 0 Å². The molecule has 0 atom stereocenters. The summed E-state index contributed by atoms with van der Waals surface area (Å²) in [5.74, 6) is -0.200. The van der Waals surface area contributed by atoms with Crippen molar-refractivity contribution >= 4 is 5.69 Å². The largest absolute Gasteiger partial charge is 0.364 e. The summed E-state index contributed by atoms with van der Waals surface area (Å²) in [6.07, 6.45) is 2.45. The van der Waals surface area contributed by atoms with Crippen molar-refractivity contribution in [2.75, 3.05) is 18.0 Å². The Labute approximate surface area is 119 Å². The van der Waals surface area contributed by atoms with E-state index in [1.54, 1.807) is 12.3 Å². The van der Waals surface area contributed by atoms with Gasteiger partial charge >= 0.3 is 0 Å². The summed E-state index contributed by atoms with van der Waals surface area (Å²) in [6.45, 7) is 3.87. The molecule has 0 bridgehead atoms. The summed E-state index contributed by atoms with van der Waals surface area (Å²) >= 11 is 0. The van der Waals surface area contributed by atoms with Crippen molar-refractivity contribution in [3.63, 3.8) is 0 Å². The van der Waals surface area contributed by atoms with Crippen molar-refractivity contribution in [2.24, 2.45) is 5.73 Å². The van der Waals surface area contributed by atoms with E-state index in [0.717, 1.165) is 17.8 Å². The molecule has 1 heterocycles. The van der Waals surface area contributed by atoms with Crippen LogP contribution in [0, 0.1) is 5.82 Å². The Morgan fingerprint density at radius 3 is 2.70 bits per heavy atom. The zero-order valence-corrected chi connectivity index (χ0v) is 11.7. The number of pyridine rings is 1. The predicted octanol–water partition coefficient (Wildman–Crippen LogP) is 2.75. The summed E-state index contributed by atoms with van der Waals surface area (Å²) in [7, 11) is 0. The number of hydrogen-bond acceptors (Lipinski definition) is 3. The van der Waals surface area contributed by atoms with Gasteiger partial charge in [0, 0.05) is 12.7 Å². The summed E-state index contributed by atoms with van der Waals surface area (Å²) in [6, 6.07) is 11.1. The van der Waals surface area contributed by atoms with E-state index in [4.69, 9.17) is 5.73 Å². The van der Waals surface area contributed by atoms with Crippen molar-refractivity contribution in [2.45, 2.75) is 19.9 Å². The minimum Gasteiger partial charge on any atom is -0.364 e. The standard InChI is InChI=1S/C16H20FN3/c1-2-20(12-14-5-3-4-10-19-14)16-7-6-13(8-9-18)11-15(16)17/h3-7,10-11H,2,8-9,12,18H2,1H3. The molecule has 2 N–H and O–H groups in total. The maximum Gasteiger partial charge on any atom is 0.146 e. The first kappa shape index (κ1) is 14.5. The van der Waals surface area contributed by atoms with Gasteiger partial charge in [0.25, 0.3) is 0 Å². The molecule has 0 radical (unpaired) electrons. The second kappa shape index (κ2) is 7.01. The number of aromatic nitrogens is 1. The van der Waals surface area contributed by atoms with Gasteiger partial charge in [0.15, 0.2) is 0 Å². The fourth-order valence-electron chi connectivity index (χ4n) is 2.18. The number of nitrogens with zero attached hydrogens (tertiary/aromatic N) is 2. The highest BCUT2D eigenvalue weighted by molar-refractivity contribution is 5.49. The lowest BCUT2D eigenvalue weighted by Gasteiger charge is -2.23. The highest BCUT2D eigenvalue weighted by Gasteiger charge is 2.11. The van der Waals surface area contributed by atoms with E-state index in [1.807, 2.05) is 42.2 Å². The van der Waals surface area contributed by atoms with Crippen molar-refractivity contribution in [3.8, 4) is 0 Å². The number of rotatable bonds is 6. The van der Waals surface area contributed by atoms with E-state index >= 15 is 0 Å². The molecule has 2 rings (SSSR count). The molecule has 0 spiro atoms. The number of benzene rings is 1. The summed E-state index contributed by atoms with van der Waals surface area (Å²) in [5.41, 5.74) is 7.97. The second-order valence-corrected chi connectivity index (χ2v) is 4.66. The Morgan fingerprint density at radius 1 is 1.25 bits per heavy atom. The van der Waals surface area contributed by atoms with Gasteiger partial charge in [-0.05, 0) is 49.7 Å². The molecule has 106 valence electrons. The van der Waals surface area contributed by atoms with Gasteiger partial charge in [-0.1, -0.05) is 12.1 Å². The van der Waals surface area contributed by atoms with Gasteiger partial charge in [-0.15, -0.1) is 0 Å². The van der Waals surface area contributed by atoms with Crippen molar-refractivity contribution in [1.29, 1.82) is 0 Å². The average molecular weight is 273 g/mol. The van der Waals surface area contributed by atoms with E-state index in [2.05, 4.69) is 4.98 Å². The first-order chi connectivity index (χ1) is 9.74. The van der Waals surface area contributed by atoms with Crippen molar-refractivity contribution < 1.29 is 4.39 Å². The normalized spacial score (nSPS) is 10.6. The quantitative estimate of drug-likeness (QED) is 0.880. The fourth-order valence-corrected chi connectivity index (χ4v) is 2.18. The number of nitrogens with two attached hydrogens (primary N) is 1. The molecule has 0 amide bonds. The highest BCUT2D eigenvalue weighted by atomic mass is 19.1. The van der Waals surface area contributed by atoms with Crippen LogP contribution in [0.4, 0.5) is 10.1 Å². The molecule has 4 heteroatoms. The molecular weight excluding hydrogens is 253 g/mol. The van der Waals surface area contributed by atoms with Crippen LogP contribution in [0.25, 0.3) is 0 Å². The van der Waals surface area contributed by atoms with Crippen LogP contribution in [0.1, 0.15) is 18.2 Å². The molecule has 3 nitrogen and oxygen atoms in total. The molecule has 0 aliphatic carbocycles. The molecule has 0 aliphatic rings. The lowest BCUT2D eigenvalue weighted by atomic mass is 10.1. The van der Waals surface area contributed by atoms with Gasteiger partial charge in [0.05, 0.1) is 17.9 Å². The molecule has 0 saturated heterocycles. The second-order valence-electron chi connectivity index (χ2n) is 4.66. The zero-order valence-electron chi connectivity index (χ0n) is 11.7. The Hall–Kier alpha value is -1.94. The Morgan fingerprint density at radius 2 is 2.10 bits per heavy atom. The number of halogens is 1. The zero-order chi connectivity index (χ0) is 14.4. The fraction of sp³-hybridized carbons (Fsp3) is 0.312.